The molecule has 2 aliphatic rings. The number of pyridine rings is 1. The third-order valence-electron chi connectivity index (χ3n) is 3.98. The van der Waals surface area contributed by atoms with Crippen molar-refractivity contribution in [2.24, 2.45) is 11.8 Å². The first-order chi connectivity index (χ1) is 8.77. The van der Waals surface area contributed by atoms with Crippen molar-refractivity contribution < 1.29 is 9.59 Å². The molecule has 2 amide bonds. The summed E-state index contributed by atoms with van der Waals surface area (Å²) in [6.45, 7) is 0.325. The van der Waals surface area contributed by atoms with Crippen LogP contribution in [0.3, 0.4) is 0 Å². The van der Waals surface area contributed by atoms with Gasteiger partial charge in [-0.25, -0.2) is 0 Å². The molecule has 94 valence electrons. The van der Waals surface area contributed by atoms with Crippen LogP contribution in [-0.2, 0) is 16.1 Å². The average molecular weight is 244 g/mol. The standard InChI is InChI=1S/C14H16N2O2/c17-13-11-6-1-2-7-12(11)14(18)16(13)9-10-5-3-4-8-15-10/h3-5,8,11-12H,1-2,6-7,9H2. The molecule has 2 atom stereocenters. The van der Waals surface area contributed by atoms with Crippen molar-refractivity contribution in [1.29, 1.82) is 0 Å². The van der Waals surface area contributed by atoms with Gasteiger partial charge in [0, 0.05) is 6.20 Å². The second kappa shape index (κ2) is 4.52. The summed E-state index contributed by atoms with van der Waals surface area (Å²) in [5.41, 5.74) is 0.776. The van der Waals surface area contributed by atoms with Gasteiger partial charge in [-0.3, -0.25) is 19.5 Å². The number of carbonyl (C=O) groups is 2. The van der Waals surface area contributed by atoms with Crippen LogP contribution >= 0.6 is 0 Å². The molecule has 4 nitrogen and oxygen atoms in total. The van der Waals surface area contributed by atoms with Gasteiger partial charge < -0.3 is 0 Å². The lowest BCUT2D eigenvalue weighted by molar-refractivity contribution is -0.140. The summed E-state index contributed by atoms with van der Waals surface area (Å²) in [5.74, 6) is -0.101. The maximum atomic E-state index is 12.2. The Morgan fingerprint density at radius 2 is 1.78 bits per heavy atom. The van der Waals surface area contributed by atoms with Crippen molar-refractivity contribution in [3.05, 3.63) is 30.1 Å². The number of amides is 2. The van der Waals surface area contributed by atoms with E-state index < -0.39 is 0 Å². The van der Waals surface area contributed by atoms with E-state index in [4.69, 9.17) is 0 Å². The summed E-state index contributed by atoms with van der Waals surface area (Å²) in [6, 6.07) is 5.56. The molecule has 18 heavy (non-hydrogen) atoms. The topological polar surface area (TPSA) is 50.3 Å². The van der Waals surface area contributed by atoms with Gasteiger partial charge in [-0.15, -0.1) is 0 Å². The second-order valence-electron chi connectivity index (χ2n) is 5.08. The molecule has 4 heteroatoms. The van der Waals surface area contributed by atoms with Crippen molar-refractivity contribution in [2.75, 3.05) is 0 Å². The SMILES string of the molecule is O=C1C2CCCCC2C(=O)N1Cc1ccccn1. The number of imide groups is 1. The minimum Gasteiger partial charge on any atom is -0.276 e. The first-order valence-corrected chi connectivity index (χ1v) is 6.52. The monoisotopic (exact) mass is 244 g/mol. The molecule has 1 aliphatic heterocycles. The Morgan fingerprint density at radius 1 is 1.11 bits per heavy atom. The molecule has 3 rings (SSSR count). The smallest absolute Gasteiger partial charge is 0.233 e. The number of rotatable bonds is 2. The molecule has 1 aromatic heterocycles. The maximum Gasteiger partial charge on any atom is 0.233 e. The van der Waals surface area contributed by atoms with Gasteiger partial charge in [-0.2, -0.15) is 0 Å². The molecule has 1 saturated carbocycles. The van der Waals surface area contributed by atoms with Gasteiger partial charge in [-0.05, 0) is 25.0 Å². The van der Waals surface area contributed by atoms with Gasteiger partial charge in [-0.1, -0.05) is 18.9 Å². The van der Waals surface area contributed by atoms with E-state index in [-0.39, 0.29) is 23.7 Å². The third kappa shape index (κ3) is 1.82. The van der Waals surface area contributed by atoms with Gasteiger partial charge in [0.15, 0.2) is 0 Å². The van der Waals surface area contributed by atoms with Crippen LogP contribution < -0.4 is 0 Å². The van der Waals surface area contributed by atoms with Gasteiger partial charge in [0.2, 0.25) is 11.8 Å². The Morgan fingerprint density at radius 3 is 2.33 bits per heavy atom. The zero-order valence-electron chi connectivity index (χ0n) is 10.2. The molecule has 1 aliphatic carbocycles. The maximum absolute atomic E-state index is 12.2. The first-order valence-electron chi connectivity index (χ1n) is 6.52. The van der Waals surface area contributed by atoms with Gasteiger partial charge in [0.25, 0.3) is 0 Å². The Bertz CT molecular complexity index is 448. The number of aromatic nitrogens is 1. The molecular weight excluding hydrogens is 228 g/mol. The van der Waals surface area contributed by atoms with E-state index in [2.05, 4.69) is 4.98 Å². The molecule has 0 radical (unpaired) electrons. The molecule has 0 N–H and O–H groups in total. The highest BCUT2D eigenvalue weighted by Crippen LogP contribution is 2.38. The van der Waals surface area contributed by atoms with Gasteiger partial charge >= 0.3 is 0 Å². The normalized spacial score (nSPS) is 27.4. The summed E-state index contributed by atoms with van der Waals surface area (Å²) < 4.78 is 0. The number of hydrogen-bond acceptors (Lipinski definition) is 3. The van der Waals surface area contributed by atoms with E-state index >= 15 is 0 Å². The molecular formula is C14H16N2O2. The fourth-order valence-electron chi connectivity index (χ4n) is 3.04. The van der Waals surface area contributed by atoms with Crippen molar-refractivity contribution in [3.63, 3.8) is 0 Å². The Hall–Kier alpha value is -1.71. The van der Waals surface area contributed by atoms with E-state index in [0.717, 1.165) is 31.4 Å². The predicted molar refractivity (Wildman–Crippen MR) is 65.2 cm³/mol. The summed E-state index contributed by atoms with van der Waals surface area (Å²) in [4.78, 5) is 30.1. The largest absolute Gasteiger partial charge is 0.276 e. The van der Waals surface area contributed by atoms with E-state index in [0.29, 0.717) is 6.54 Å². The minimum atomic E-state index is -0.0602. The zero-order valence-corrected chi connectivity index (χ0v) is 10.2. The third-order valence-corrected chi connectivity index (χ3v) is 3.98. The van der Waals surface area contributed by atoms with Crippen molar-refractivity contribution in [2.45, 2.75) is 32.2 Å². The number of nitrogens with zero attached hydrogens (tertiary/aromatic N) is 2. The summed E-state index contributed by atoms with van der Waals surface area (Å²) >= 11 is 0. The van der Waals surface area contributed by atoms with Crippen LogP contribution in [-0.4, -0.2) is 21.7 Å². The molecule has 0 spiro atoms. The predicted octanol–water partition coefficient (Wildman–Crippen LogP) is 1.76. The summed E-state index contributed by atoms with van der Waals surface area (Å²) in [7, 11) is 0. The lowest BCUT2D eigenvalue weighted by Gasteiger charge is -2.19. The van der Waals surface area contributed by atoms with Crippen LogP contribution in [0.2, 0.25) is 0 Å². The highest BCUT2D eigenvalue weighted by molar-refractivity contribution is 6.05. The van der Waals surface area contributed by atoms with E-state index in [1.54, 1.807) is 6.20 Å². The number of hydrogen-bond donors (Lipinski definition) is 0. The van der Waals surface area contributed by atoms with Gasteiger partial charge in [0.05, 0.1) is 24.1 Å². The van der Waals surface area contributed by atoms with Crippen LogP contribution in [0.5, 0.6) is 0 Å². The highest BCUT2D eigenvalue weighted by Gasteiger charge is 2.47. The quantitative estimate of drug-likeness (QED) is 0.745. The molecule has 2 heterocycles. The zero-order chi connectivity index (χ0) is 12.5. The van der Waals surface area contributed by atoms with Crippen LogP contribution in [0.15, 0.2) is 24.4 Å². The number of likely N-dealkylation sites (tertiary alicyclic amines) is 1. The van der Waals surface area contributed by atoms with Crippen molar-refractivity contribution >= 4 is 11.8 Å². The molecule has 2 fully saturated rings. The molecule has 0 aromatic carbocycles. The molecule has 2 unspecified atom stereocenters. The Kier molecular flexibility index (Phi) is 2.86. The van der Waals surface area contributed by atoms with Gasteiger partial charge in [0.1, 0.15) is 0 Å². The summed E-state index contributed by atoms with van der Waals surface area (Å²) in [5, 5.41) is 0. The van der Waals surface area contributed by atoms with Crippen LogP contribution in [0.1, 0.15) is 31.4 Å². The number of carbonyl (C=O) groups excluding carboxylic acids is 2. The number of fused-ring (bicyclic) bond motifs is 1. The van der Waals surface area contributed by atoms with E-state index in [1.807, 2.05) is 18.2 Å². The summed E-state index contributed by atoms with van der Waals surface area (Å²) in [6.07, 6.45) is 5.56. The van der Waals surface area contributed by atoms with Crippen molar-refractivity contribution in [1.82, 2.24) is 9.88 Å². The highest BCUT2D eigenvalue weighted by atomic mass is 16.2. The fourth-order valence-corrected chi connectivity index (χ4v) is 3.04. The lowest BCUT2D eigenvalue weighted by atomic mass is 9.81. The van der Waals surface area contributed by atoms with E-state index in [1.165, 1.54) is 4.90 Å². The Labute approximate surface area is 106 Å². The average Bonchev–Trinajstić information content (AvgIpc) is 2.66. The fraction of sp³-hybridized carbons (Fsp3) is 0.500. The molecule has 0 bridgehead atoms. The van der Waals surface area contributed by atoms with Crippen LogP contribution in [0, 0.1) is 11.8 Å². The van der Waals surface area contributed by atoms with Crippen LogP contribution in [0.25, 0.3) is 0 Å². The lowest BCUT2D eigenvalue weighted by Crippen LogP contribution is -2.30. The second-order valence-corrected chi connectivity index (χ2v) is 5.08. The minimum absolute atomic E-state index is 0.00959. The van der Waals surface area contributed by atoms with Crippen molar-refractivity contribution in [3.8, 4) is 0 Å². The van der Waals surface area contributed by atoms with E-state index in [9.17, 15) is 9.59 Å². The first kappa shape index (κ1) is 11.4. The molecule has 1 aromatic rings. The Balaban J connectivity index is 1.80. The molecule has 1 saturated heterocycles. The van der Waals surface area contributed by atoms with Crippen LogP contribution in [0.4, 0.5) is 0 Å².